The van der Waals surface area contributed by atoms with Crippen molar-refractivity contribution < 1.29 is 14.6 Å². The third-order valence-electron chi connectivity index (χ3n) is 1.16. The van der Waals surface area contributed by atoms with E-state index in [4.69, 9.17) is 5.11 Å². The molecule has 0 aromatic carbocycles. The molecule has 70 valence electrons. The summed E-state index contributed by atoms with van der Waals surface area (Å²) in [6, 6.07) is 1.99. The van der Waals surface area contributed by atoms with Crippen molar-refractivity contribution in [2.75, 3.05) is 6.61 Å². The molecule has 12 heavy (non-hydrogen) atoms. The summed E-state index contributed by atoms with van der Waals surface area (Å²) in [5.74, 6) is 0. The predicted octanol–water partition coefficient (Wildman–Crippen LogP) is 2.27. The van der Waals surface area contributed by atoms with E-state index < -0.39 is 6.16 Å². The fourth-order valence-corrected chi connectivity index (χ4v) is 1.85. The van der Waals surface area contributed by atoms with Crippen LogP contribution in [-0.4, -0.2) is 27.4 Å². The number of rotatable bonds is 4. The van der Waals surface area contributed by atoms with Crippen molar-refractivity contribution in [1.29, 1.82) is 0 Å². The topological polar surface area (TPSA) is 46.5 Å². The maximum absolute atomic E-state index is 9.94. The molecule has 0 saturated carbocycles. The molecule has 0 spiro atoms. The highest BCUT2D eigenvalue weighted by Gasteiger charge is 2.09. The Bertz CT molecular complexity index is 140. The lowest BCUT2D eigenvalue weighted by atomic mass is 10.0. The van der Waals surface area contributed by atoms with Crippen LogP contribution in [0.25, 0.3) is 0 Å². The van der Waals surface area contributed by atoms with Crippen molar-refractivity contribution in [3.63, 3.8) is 0 Å². The molecular weight excluding hydrogens is 172 g/mol. The fraction of sp³-hybridized carbons (Fsp3) is 0.875. The number of carboxylic acid groups (broad SMARTS) is 1. The van der Waals surface area contributed by atoms with E-state index in [1.165, 1.54) is 0 Å². The Morgan fingerprint density at radius 3 is 2.50 bits per heavy atom. The SMILES string of the molecule is CC(C)(C)C[Si]CCOC(=O)O. The molecule has 2 radical (unpaired) electrons. The number of carbonyl (C=O) groups is 1. The fourth-order valence-electron chi connectivity index (χ4n) is 0.674. The molecule has 0 heterocycles. The maximum atomic E-state index is 9.94. The molecule has 0 bridgehead atoms. The average Bonchev–Trinajstić information content (AvgIpc) is 1.83. The molecule has 0 aliphatic carbocycles. The molecule has 0 rings (SSSR count). The van der Waals surface area contributed by atoms with Gasteiger partial charge in [-0.15, -0.1) is 0 Å². The first-order chi connectivity index (χ1) is 5.42. The second-order valence-electron chi connectivity index (χ2n) is 3.85. The number of ether oxygens (including phenoxy) is 1. The van der Waals surface area contributed by atoms with Crippen LogP contribution in [-0.2, 0) is 4.74 Å². The molecule has 0 amide bonds. The highest BCUT2D eigenvalue weighted by molar-refractivity contribution is 6.35. The van der Waals surface area contributed by atoms with Gasteiger partial charge in [0.1, 0.15) is 0 Å². The van der Waals surface area contributed by atoms with Gasteiger partial charge in [0.2, 0.25) is 0 Å². The van der Waals surface area contributed by atoms with Crippen LogP contribution < -0.4 is 0 Å². The van der Waals surface area contributed by atoms with E-state index in [0.29, 0.717) is 12.0 Å². The zero-order valence-electron chi connectivity index (χ0n) is 7.89. The third kappa shape index (κ3) is 9.49. The van der Waals surface area contributed by atoms with Gasteiger partial charge in [-0.05, 0) is 11.5 Å². The van der Waals surface area contributed by atoms with Crippen molar-refractivity contribution in [1.82, 2.24) is 0 Å². The quantitative estimate of drug-likeness (QED) is 0.418. The van der Waals surface area contributed by atoms with E-state index in [0.717, 1.165) is 21.6 Å². The molecule has 3 nitrogen and oxygen atoms in total. The van der Waals surface area contributed by atoms with Gasteiger partial charge in [0.25, 0.3) is 0 Å². The molecule has 0 aliphatic rings. The van der Waals surface area contributed by atoms with Crippen LogP contribution in [0.5, 0.6) is 0 Å². The van der Waals surface area contributed by atoms with Crippen molar-refractivity contribution in [2.24, 2.45) is 5.41 Å². The Morgan fingerprint density at radius 1 is 1.50 bits per heavy atom. The summed E-state index contributed by atoms with van der Waals surface area (Å²) in [6.07, 6.45) is -1.17. The van der Waals surface area contributed by atoms with Gasteiger partial charge in [-0.1, -0.05) is 26.8 Å². The first-order valence-corrected chi connectivity index (χ1v) is 5.40. The summed E-state index contributed by atoms with van der Waals surface area (Å²) < 4.78 is 4.38. The van der Waals surface area contributed by atoms with Gasteiger partial charge in [0, 0.05) is 9.52 Å². The minimum atomic E-state index is -1.17. The van der Waals surface area contributed by atoms with Crippen molar-refractivity contribution >= 4 is 15.7 Å². The van der Waals surface area contributed by atoms with Crippen LogP contribution in [0, 0.1) is 5.41 Å². The molecule has 4 heteroatoms. The largest absolute Gasteiger partial charge is 0.505 e. The number of hydrogen-bond acceptors (Lipinski definition) is 2. The van der Waals surface area contributed by atoms with E-state index in [2.05, 4.69) is 25.5 Å². The zero-order valence-corrected chi connectivity index (χ0v) is 8.89. The first kappa shape index (κ1) is 11.5. The van der Waals surface area contributed by atoms with Crippen LogP contribution in [0.2, 0.25) is 12.1 Å². The minimum absolute atomic E-state index is 0.337. The highest BCUT2D eigenvalue weighted by Crippen LogP contribution is 2.18. The first-order valence-electron chi connectivity index (χ1n) is 3.98. The lowest BCUT2D eigenvalue weighted by Gasteiger charge is -2.16. The second kappa shape index (κ2) is 5.19. The molecule has 0 fully saturated rings. The van der Waals surface area contributed by atoms with Crippen LogP contribution >= 0.6 is 0 Å². The monoisotopic (exact) mass is 188 g/mol. The molecule has 0 aromatic heterocycles. The van der Waals surface area contributed by atoms with Gasteiger partial charge in [-0.3, -0.25) is 0 Å². The minimum Gasteiger partial charge on any atom is -0.450 e. The smallest absolute Gasteiger partial charge is 0.450 e. The predicted molar refractivity (Wildman–Crippen MR) is 48.8 cm³/mol. The Labute approximate surface area is 75.9 Å². The molecule has 1 N–H and O–H groups in total. The summed E-state index contributed by atoms with van der Waals surface area (Å²) in [7, 11) is 0.795. The van der Waals surface area contributed by atoms with E-state index in [9.17, 15) is 4.79 Å². The number of hydrogen-bond donors (Lipinski definition) is 1. The van der Waals surface area contributed by atoms with E-state index in [1.54, 1.807) is 0 Å². The Kier molecular flexibility index (Phi) is 4.97. The summed E-state index contributed by atoms with van der Waals surface area (Å²) >= 11 is 0. The normalized spacial score (nSPS) is 11.2. The molecule has 0 saturated heterocycles. The lowest BCUT2D eigenvalue weighted by molar-refractivity contribution is 0.0965. The van der Waals surface area contributed by atoms with Gasteiger partial charge in [0.05, 0.1) is 6.61 Å². The van der Waals surface area contributed by atoms with Gasteiger partial charge < -0.3 is 9.84 Å². The standard InChI is InChI=1S/C8H16O3Si/c1-8(2,3)6-12-5-4-11-7(9)10/h4-6H2,1-3H3,(H,9,10). The summed E-state index contributed by atoms with van der Waals surface area (Å²) in [4.78, 5) is 9.94. The van der Waals surface area contributed by atoms with E-state index >= 15 is 0 Å². The highest BCUT2D eigenvalue weighted by atomic mass is 28.2. The van der Waals surface area contributed by atoms with E-state index in [-0.39, 0.29) is 0 Å². The van der Waals surface area contributed by atoms with Gasteiger partial charge >= 0.3 is 6.16 Å². The summed E-state index contributed by atoms with van der Waals surface area (Å²) in [5, 5.41) is 8.15. The van der Waals surface area contributed by atoms with Crippen LogP contribution in [0.4, 0.5) is 4.79 Å². The summed E-state index contributed by atoms with van der Waals surface area (Å²) in [5.41, 5.74) is 0.349. The van der Waals surface area contributed by atoms with Gasteiger partial charge in [-0.2, -0.15) is 0 Å². The van der Waals surface area contributed by atoms with Gasteiger partial charge in [-0.25, -0.2) is 4.79 Å². The molecule has 0 aliphatic heterocycles. The van der Waals surface area contributed by atoms with E-state index in [1.807, 2.05) is 0 Å². The molecular formula is C8H16O3Si. The molecule has 0 unspecified atom stereocenters. The second-order valence-corrected chi connectivity index (χ2v) is 5.21. The van der Waals surface area contributed by atoms with Crippen molar-refractivity contribution in [2.45, 2.75) is 32.9 Å². The van der Waals surface area contributed by atoms with Crippen molar-refractivity contribution in [3.05, 3.63) is 0 Å². The maximum Gasteiger partial charge on any atom is 0.505 e. The summed E-state index contributed by atoms with van der Waals surface area (Å²) in [6.45, 7) is 6.87. The Morgan fingerprint density at radius 2 is 2.08 bits per heavy atom. The Hall–Kier alpha value is -0.513. The van der Waals surface area contributed by atoms with Crippen LogP contribution in [0.1, 0.15) is 20.8 Å². The molecule has 0 atom stereocenters. The third-order valence-corrected chi connectivity index (χ3v) is 3.03. The van der Waals surface area contributed by atoms with Gasteiger partial charge in [0.15, 0.2) is 0 Å². The van der Waals surface area contributed by atoms with Crippen LogP contribution in [0.15, 0.2) is 0 Å². The lowest BCUT2D eigenvalue weighted by Crippen LogP contribution is -2.11. The van der Waals surface area contributed by atoms with Crippen LogP contribution in [0.3, 0.4) is 0 Å². The van der Waals surface area contributed by atoms with Crippen molar-refractivity contribution in [3.8, 4) is 0 Å². The average molecular weight is 188 g/mol. The molecule has 0 aromatic rings. The zero-order chi connectivity index (χ0) is 9.61. The Balaban J connectivity index is 3.17.